The van der Waals surface area contributed by atoms with Crippen LogP contribution in [0.15, 0.2) is 12.4 Å². The summed E-state index contributed by atoms with van der Waals surface area (Å²) < 4.78 is 4.56. The molecule has 0 aliphatic heterocycles. The number of hydrogen-bond acceptors (Lipinski definition) is 6. The molecule has 0 amide bonds. The number of aromatic nitrogens is 2. The Bertz CT molecular complexity index is 406. The average molecular weight is 280 g/mol. The van der Waals surface area contributed by atoms with E-state index in [0.29, 0.717) is 11.9 Å². The molecule has 0 unspecified atom stereocenters. The van der Waals surface area contributed by atoms with Gasteiger partial charge in [0.05, 0.1) is 19.5 Å². The highest BCUT2D eigenvalue weighted by molar-refractivity contribution is 5.86. The monoisotopic (exact) mass is 280 g/mol. The zero-order chi connectivity index (χ0) is 15.0. The summed E-state index contributed by atoms with van der Waals surface area (Å²) >= 11 is 0. The third-order valence-corrected chi connectivity index (χ3v) is 3.17. The highest BCUT2D eigenvalue weighted by Crippen LogP contribution is 2.03. The maximum atomic E-state index is 11.2. The minimum Gasteiger partial charge on any atom is -0.464 e. The number of carbonyl (C=O) groups excluding carboxylic acids is 1. The molecule has 20 heavy (non-hydrogen) atoms. The van der Waals surface area contributed by atoms with Gasteiger partial charge in [0.25, 0.3) is 0 Å². The van der Waals surface area contributed by atoms with Gasteiger partial charge in [-0.05, 0) is 40.3 Å². The van der Waals surface area contributed by atoms with Gasteiger partial charge in [0.2, 0.25) is 0 Å². The van der Waals surface area contributed by atoms with Crippen molar-refractivity contribution in [2.45, 2.75) is 32.7 Å². The molecule has 0 atom stereocenters. The van der Waals surface area contributed by atoms with Gasteiger partial charge in [-0.3, -0.25) is 0 Å². The van der Waals surface area contributed by atoms with Crippen molar-refractivity contribution >= 4 is 11.8 Å². The van der Waals surface area contributed by atoms with Gasteiger partial charge in [0.1, 0.15) is 5.82 Å². The van der Waals surface area contributed by atoms with Crippen LogP contribution < -0.4 is 5.32 Å². The molecule has 0 spiro atoms. The number of esters is 1. The Morgan fingerprint density at radius 3 is 2.65 bits per heavy atom. The van der Waals surface area contributed by atoms with Crippen LogP contribution in [-0.2, 0) is 4.74 Å². The number of rotatable bonds is 8. The number of carbonyl (C=O) groups is 1. The second-order valence-corrected chi connectivity index (χ2v) is 4.99. The molecule has 1 N–H and O–H groups in total. The second kappa shape index (κ2) is 8.47. The van der Waals surface area contributed by atoms with Crippen LogP contribution in [0.2, 0.25) is 0 Å². The maximum absolute atomic E-state index is 11.2. The summed E-state index contributed by atoms with van der Waals surface area (Å²) in [5.74, 6) is 0.204. The van der Waals surface area contributed by atoms with E-state index in [-0.39, 0.29) is 5.69 Å². The SMILES string of the molecule is COC(=O)c1cnc(NCCCCN(C)C(C)C)cn1. The lowest BCUT2D eigenvalue weighted by Gasteiger charge is -2.20. The highest BCUT2D eigenvalue weighted by Gasteiger charge is 2.07. The van der Waals surface area contributed by atoms with E-state index in [0.717, 1.165) is 25.9 Å². The zero-order valence-electron chi connectivity index (χ0n) is 12.7. The van der Waals surface area contributed by atoms with E-state index >= 15 is 0 Å². The molecule has 112 valence electrons. The van der Waals surface area contributed by atoms with E-state index in [9.17, 15) is 4.79 Å². The van der Waals surface area contributed by atoms with E-state index in [1.54, 1.807) is 6.20 Å². The lowest BCUT2D eigenvalue weighted by atomic mass is 10.2. The maximum Gasteiger partial charge on any atom is 0.358 e. The predicted octanol–water partition coefficient (Wildman–Crippen LogP) is 1.80. The van der Waals surface area contributed by atoms with Gasteiger partial charge >= 0.3 is 5.97 Å². The number of methoxy groups -OCH3 is 1. The molecule has 0 saturated carbocycles. The van der Waals surface area contributed by atoms with E-state index < -0.39 is 5.97 Å². The Balaban J connectivity index is 2.24. The summed E-state index contributed by atoms with van der Waals surface area (Å²) in [6.45, 7) is 6.32. The van der Waals surface area contributed by atoms with Crippen LogP contribution in [0, 0.1) is 0 Å². The fourth-order valence-electron chi connectivity index (χ4n) is 1.59. The minimum atomic E-state index is -0.472. The fraction of sp³-hybridized carbons (Fsp3) is 0.643. The van der Waals surface area contributed by atoms with Crippen molar-refractivity contribution in [3.63, 3.8) is 0 Å². The Labute approximate surface area is 120 Å². The van der Waals surface area contributed by atoms with Crippen LogP contribution >= 0.6 is 0 Å². The molecule has 0 aliphatic rings. The smallest absolute Gasteiger partial charge is 0.358 e. The van der Waals surface area contributed by atoms with Crippen LogP contribution in [0.4, 0.5) is 5.82 Å². The first-order valence-corrected chi connectivity index (χ1v) is 6.89. The quantitative estimate of drug-likeness (QED) is 0.578. The molecule has 0 aliphatic carbocycles. The minimum absolute atomic E-state index is 0.219. The van der Waals surface area contributed by atoms with Crippen molar-refractivity contribution in [1.82, 2.24) is 14.9 Å². The van der Waals surface area contributed by atoms with Crippen LogP contribution in [0.1, 0.15) is 37.2 Å². The molecular formula is C14H24N4O2. The number of hydrogen-bond donors (Lipinski definition) is 1. The van der Waals surface area contributed by atoms with Crippen molar-refractivity contribution in [2.75, 3.05) is 32.6 Å². The average Bonchev–Trinajstić information content (AvgIpc) is 2.46. The second-order valence-electron chi connectivity index (χ2n) is 4.99. The van der Waals surface area contributed by atoms with Gasteiger partial charge in [-0.15, -0.1) is 0 Å². The predicted molar refractivity (Wildman–Crippen MR) is 78.9 cm³/mol. The van der Waals surface area contributed by atoms with Crippen molar-refractivity contribution in [2.24, 2.45) is 0 Å². The molecule has 1 rings (SSSR count). The summed E-state index contributed by atoms with van der Waals surface area (Å²) in [7, 11) is 3.46. The van der Waals surface area contributed by atoms with E-state index in [2.05, 4.69) is 45.8 Å². The van der Waals surface area contributed by atoms with Gasteiger partial charge in [-0.1, -0.05) is 0 Å². The third kappa shape index (κ3) is 5.52. The van der Waals surface area contributed by atoms with Gasteiger partial charge < -0.3 is 15.0 Å². The first-order valence-electron chi connectivity index (χ1n) is 6.89. The number of nitrogens with zero attached hydrogens (tertiary/aromatic N) is 3. The summed E-state index contributed by atoms with van der Waals surface area (Å²) in [5.41, 5.74) is 0.219. The Morgan fingerprint density at radius 2 is 2.10 bits per heavy atom. The van der Waals surface area contributed by atoms with Crippen LogP contribution in [0.5, 0.6) is 0 Å². The normalized spacial score (nSPS) is 10.9. The molecule has 1 aromatic heterocycles. The zero-order valence-corrected chi connectivity index (χ0v) is 12.7. The van der Waals surface area contributed by atoms with Crippen molar-refractivity contribution in [3.8, 4) is 0 Å². The van der Waals surface area contributed by atoms with Crippen LogP contribution in [0.3, 0.4) is 0 Å². The van der Waals surface area contributed by atoms with Gasteiger partial charge in [-0.25, -0.2) is 14.8 Å². The van der Waals surface area contributed by atoms with Crippen LogP contribution in [0.25, 0.3) is 0 Å². The summed E-state index contributed by atoms with van der Waals surface area (Å²) in [6, 6.07) is 0.583. The van der Waals surface area contributed by atoms with Gasteiger partial charge in [-0.2, -0.15) is 0 Å². The van der Waals surface area contributed by atoms with Crippen molar-refractivity contribution in [3.05, 3.63) is 18.1 Å². The fourth-order valence-corrected chi connectivity index (χ4v) is 1.59. The molecule has 0 saturated heterocycles. The number of unbranched alkanes of at least 4 members (excludes halogenated alkanes) is 1. The molecule has 1 aromatic rings. The van der Waals surface area contributed by atoms with E-state index in [1.165, 1.54) is 13.3 Å². The summed E-state index contributed by atoms with van der Waals surface area (Å²) in [5, 5.41) is 3.19. The number of nitrogens with one attached hydrogen (secondary N) is 1. The molecule has 0 aromatic carbocycles. The van der Waals surface area contributed by atoms with Crippen molar-refractivity contribution < 1.29 is 9.53 Å². The summed E-state index contributed by atoms with van der Waals surface area (Å²) in [4.78, 5) is 21.6. The molecular weight excluding hydrogens is 256 g/mol. The topological polar surface area (TPSA) is 67.3 Å². The first kappa shape index (κ1) is 16.4. The van der Waals surface area contributed by atoms with Gasteiger partial charge in [0, 0.05) is 12.6 Å². The lowest BCUT2D eigenvalue weighted by molar-refractivity contribution is 0.0593. The largest absolute Gasteiger partial charge is 0.464 e. The molecule has 6 heteroatoms. The Hall–Kier alpha value is -1.69. The number of ether oxygens (including phenoxy) is 1. The van der Waals surface area contributed by atoms with E-state index in [4.69, 9.17) is 0 Å². The van der Waals surface area contributed by atoms with Gasteiger partial charge in [0.15, 0.2) is 5.69 Å². The standard InChI is InChI=1S/C14H24N4O2/c1-11(2)18(3)8-6-5-7-15-13-10-16-12(9-17-13)14(19)20-4/h9-11H,5-8H2,1-4H3,(H,15,17). The third-order valence-electron chi connectivity index (χ3n) is 3.17. The van der Waals surface area contributed by atoms with Crippen LogP contribution in [-0.4, -0.2) is 54.1 Å². The molecule has 1 heterocycles. The first-order chi connectivity index (χ1) is 9.54. The Morgan fingerprint density at radius 1 is 1.35 bits per heavy atom. The molecule has 0 bridgehead atoms. The highest BCUT2D eigenvalue weighted by atomic mass is 16.5. The Kier molecular flexibility index (Phi) is 6.93. The lowest BCUT2D eigenvalue weighted by Crippen LogP contribution is -2.27. The molecule has 6 nitrogen and oxygen atoms in total. The number of anilines is 1. The van der Waals surface area contributed by atoms with Crippen molar-refractivity contribution in [1.29, 1.82) is 0 Å². The molecule has 0 fully saturated rings. The molecule has 0 radical (unpaired) electrons. The summed E-state index contributed by atoms with van der Waals surface area (Å²) in [6.07, 6.45) is 5.17. The van der Waals surface area contributed by atoms with E-state index in [1.807, 2.05) is 0 Å².